The third kappa shape index (κ3) is 2.96. The summed E-state index contributed by atoms with van der Waals surface area (Å²) < 4.78 is 1.18. The molecule has 16 heavy (non-hydrogen) atoms. The van der Waals surface area contributed by atoms with Crippen molar-refractivity contribution in [1.82, 2.24) is 0 Å². The first kappa shape index (κ1) is 11.4. The average Bonchev–Trinajstić information content (AvgIpc) is 2.30. The van der Waals surface area contributed by atoms with Crippen LogP contribution in [-0.2, 0) is 0 Å². The Balaban J connectivity index is 2.14. The van der Waals surface area contributed by atoms with Crippen molar-refractivity contribution < 1.29 is 4.79 Å². The van der Waals surface area contributed by atoms with Crippen molar-refractivity contribution in [3.05, 3.63) is 65.2 Å². The van der Waals surface area contributed by atoms with Crippen molar-refractivity contribution in [2.45, 2.75) is 0 Å². The fourth-order valence-electron chi connectivity index (χ4n) is 1.27. The Labute approximate surface area is 106 Å². The van der Waals surface area contributed by atoms with E-state index in [9.17, 15) is 4.79 Å². The van der Waals surface area contributed by atoms with Gasteiger partial charge >= 0.3 is 106 Å². The molecule has 0 amide bonds. The first-order chi connectivity index (χ1) is 7.75. The topological polar surface area (TPSA) is 17.1 Å². The minimum absolute atomic E-state index is 0.176. The van der Waals surface area contributed by atoms with E-state index in [-0.39, 0.29) is 19.6 Å². The summed E-state index contributed by atoms with van der Waals surface area (Å²) in [4.78, 5) is 11.9. The van der Waals surface area contributed by atoms with Crippen LogP contribution in [0.2, 0.25) is 5.02 Å². The van der Waals surface area contributed by atoms with E-state index in [1.54, 1.807) is 0 Å². The maximum absolute atomic E-state index is 11.9. The van der Waals surface area contributed by atoms with E-state index in [2.05, 4.69) is 0 Å². The molecule has 0 saturated carbocycles. The second-order valence-electron chi connectivity index (χ2n) is 3.21. The van der Waals surface area contributed by atoms with Gasteiger partial charge in [-0.15, -0.1) is 0 Å². The summed E-state index contributed by atoms with van der Waals surface area (Å²) in [5, 5.41) is 0.681. The molecule has 0 radical (unpaired) electrons. The summed E-state index contributed by atoms with van der Waals surface area (Å²) in [6.45, 7) is 0. The van der Waals surface area contributed by atoms with Crippen LogP contribution in [0.1, 0.15) is 10.4 Å². The molecular formula is C13H9ClOSe. The molecule has 2 aromatic carbocycles. The van der Waals surface area contributed by atoms with Crippen molar-refractivity contribution in [2.75, 3.05) is 0 Å². The molecule has 0 N–H and O–H groups in total. The molecule has 0 aliphatic rings. The van der Waals surface area contributed by atoms with Gasteiger partial charge in [-0.05, 0) is 0 Å². The molecule has 0 aliphatic carbocycles. The third-order valence-electron chi connectivity index (χ3n) is 2.02. The molecule has 0 saturated heterocycles. The molecule has 0 fully saturated rings. The molecule has 0 unspecified atom stereocenters. The van der Waals surface area contributed by atoms with Crippen LogP contribution in [0.25, 0.3) is 0 Å². The number of rotatable bonds is 3. The van der Waals surface area contributed by atoms with Crippen molar-refractivity contribution in [2.24, 2.45) is 0 Å². The van der Waals surface area contributed by atoms with Gasteiger partial charge in [0.25, 0.3) is 0 Å². The third-order valence-corrected chi connectivity index (χ3v) is 4.16. The zero-order chi connectivity index (χ0) is 11.4. The Morgan fingerprint density at radius 1 is 1.00 bits per heavy atom. The summed E-state index contributed by atoms with van der Waals surface area (Å²) in [6, 6.07) is 16.8. The number of hydrogen-bond donors (Lipinski definition) is 0. The second-order valence-corrected chi connectivity index (χ2v) is 5.84. The quantitative estimate of drug-likeness (QED) is 0.795. The van der Waals surface area contributed by atoms with Crippen LogP contribution in [0.5, 0.6) is 0 Å². The first-order valence-corrected chi connectivity index (χ1v) is 6.87. The molecule has 0 heterocycles. The molecule has 2 aromatic rings. The summed E-state index contributed by atoms with van der Waals surface area (Å²) in [6.07, 6.45) is 0. The van der Waals surface area contributed by atoms with Gasteiger partial charge in [-0.2, -0.15) is 0 Å². The molecule has 80 valence electrons. The number of carbonyl (C=O) groups excluding carboxylic acids is 1. The van der Waals surface area contributed by atoms with Crippen LogP contribution >= 0.6 is 11.6 Å². The van der Waals surface area contributed by atoms with Crippen molar-refractivity contribution in [1.29, 1.82) is 0 Å². The van der Waals surface area contributed by atoms with E-state index in [0.717, 1.165) is 10.0 Å². The molecule has 0 aromatic heterocycles. The summed E-state index contributed by atoms with van der Waals surface area (Å²) in [7, 11) is 0. The second kappa shape index (κ2) is 5.31. The van der Waals surface area contributed by atoms with E-state index in [1.165, 1.54) is 0 Å². The predicted octanol–water partition coefficient (Wildman–Crippen LogP) is 2.51. The Morgan fingerprint density at radius 2 is 1.75 bits per heavy atom. The molecule has 0 bridgehead atoms. The van der Waals surface area contributed by atoms with E-state index < -0.39 is 0 Å². The first-order valence-electron chi connectivity index (χ1n) is 4.78. The molecule has 0 spiro atoms. The zero-order valence-corrected chi connectivity index (χ0v) is 10.9. The van der Waals surface area contributed by atoms with Crippen LogP contribution in [0.4, 0.5) is 0 Å². The summed E-state index contributed by atoms with van der Waals surface area (Å²) in [5.41, 5.74) is 0.766. The predicted molar refractivity (Wildman–Crippen MR) is 67.6 cm³/mol. The molecule has 2 rings (SSSR count). The van der Waals surface area contributed by atoms with Crippen LogP contribution in [0, 0.1) is 0 Å². The van der Waals surface area contributed by atoms with Gasteiger partial charge < -0.3 is 0 Å². The molecule has 0 aliphatic heterocycles. The van der Waals surface area contributed by atoms with Gasteiger partial charge in [0.15, 0.2) is 0 Å². The Kier molecular flexibility index (Phi) is 3.78. The molecule has 0 atom stereocenters. The number of carbonyl (C=O) groups is 1. The Morgan fingerprint density at radius 3 is 2.44 bits per heavy atom. The maximum atomic E-state index is 11.9. The SMILES string of the molecule is O=C([Se]c1cccc(Cl)c1)c1ccccc1. The van der Waals surface area contributed by atoms with E-state index in [0.29, 0.717) is 5.02 Å². The number of hydrogen-bond acceptors (Lipinski definition) is 1. The van der Waals surface area contributed by atoms with Gasteiger partial charge in [0.05, 0.1) is 0 Å². The van der Waals surface area contributed by atoms with Crippen LogP contribution < -0.4 is 4.46 Å². The van der Waals surface area contributed by atoms with Gasteiger partial charge in [0, 0.05) is 0 Å². The van der Waals surface area contributed by atoms with E-state index in [4.69, 9.17) is 11.6 Å². The average molecular weight is 296 g/mol. The van der Waals surface area contributed by atoms with Gasteiger partial charge in [0.1, 0.15) is 0 Å². The zero-order valence-electron chi connectivity index (χ0n) is 8.39. The van der Waals surface area contributed by atoms with Crippen molar-refractivity contribution in [3.8, 4) is 0 Å². The van der Waals surface area contributed by atoms with Gasteiger partial charge in [-0.25, -0.2) is 0 Å². The molecular weight excluding hydrogens is 287 g/mol. The van der Waals surface area contributed by atoms with Crippen LogP contribution in [-0.4, -0.2) is 19.6 Å². The van der Waals surface area contributed by atoms with Crippen LogP contribution in [0.3, 0.4) is 0 Å². The minimum atomic E-state index is -0.202. The number of halogens is 1. The number of benzene rings is 2. The molecule has 1 nitrogen and oxygen atoms in total. The van der Waals surface area contributed by atoms with Crippen molar-refractivity contribution in [3.63, 3.8) is 0 Å². The van der Waals surface area contributed by atoms with E-state index >= 15 is 0 Å². The summed E-state index contributed by atoms with van der Waals surface area (Å²) >= 11 is 5.67. The monoisotopic (exact) mass is 296 g/mol. The summed E-state index contributed by atoms with van der Waals surface area (Å²) in [5.74, 6) is 0. The van der Waals surface area contributed by atoms with Crippen LogP contribution in [0.15, 0.2) is 54.6 Å². The fourth-order valence-corrected chi connectivity index (χ4v) is 3.29. The van der Waals surface area contributed by atoms with Gasteiger partial charge in [-0.3, -0.25) is 0 Å². The Bertz CT molecular complexity index is 496. The molecule has 3 heteroatoms. The van der Waals surface area contributed by atoms with E-state index in [1.807, 2.05) is 54.6 Å². The fraction of sp³-hybridized carbons (Fsp3) is 0. The van der Waals surface area contributed by atoms with Gasteiger partial charge in [-0.1, -0.05) is 0 Å². The standard InChI is InChI=1S/C13H9ClOSe/c14-11-7-4-8-12(9-11)16-13(15)10-5-2-1-3-6-10/h1-9H. The Hall–Kier alpha value is -1.08. The normalized spacial score (nSPS) is 10.1. The van der Waals surface area contributed by atoms with Crippen molar-refractivity contribution >= 4 is 35.7 Å². The van der Waals surface area contributed by atoms with Gasteiger partial charge in [0.2, 0.25) is 0 Å².